The summed E-state index contributed by atoms with van der Waals surface area (Å²) in [5.41, 5.74) is 9.35. The summed E-state index contributed by atoms with van der Waals surface area (Å²) in [5, 5.41) is 9.42. The Morgan fingerprint density at radius 1 is 1.08 bits per heavy atom. The van der Waals surface area contributed by atoms with Gasteiger partial charge >= 0.3 is 0 Å². The Labute approximate surface area is 138 Å². The third-order valence-electron chi connectivity index (χ3n) is 3.80. The first-order chi connectivity index (χ1) is 11.8. The molecule has 0 aliphatic carbocycles. The quantitative estimate of drug-likeness (QED) is 0.781. The Kier molecular flexibility index (Phi) is 3.25. The zero-order valence-corrected chi connectivity index (χ0v) is 12.6. The van der Waals surface area contributed by atoms with Crippen molar-refractivity contribution in [2.45, 2.75) is 0 Å². The molecular weight excluding hydrogens is 304 g/mol. The van der Waals surface area contributed by atoms with Crippen LogP contribution in [-0.4, -0.2) is 16.8 Å². The van der Waals surface area contributed by atoms with Crippen molar-refractivity contribution in [1.29, 1.82) is 5.26 Å². The minimum atomic E-state index is 0.187. The molecule has 0 atom stereocenters. The van der Waals surface area contributed by atoms with Gasteiger partial charge in [0.15, 0.2) is 11.5 Å². The van der Waals surface area contributed by atoms with Crippen molar-refractivity contribution < 1.29 is 9.47 Å². The molecule has 3 aromatic rings. The Morgan fingerprint density at radius 3 is 2.75 bits per heavy atom. The monoisotopic (exact) mass is 316 g/mol. The number of hydrogen-bond donors (Lipinski definition) is 1. The number of rotatable bonds is 2. The van der Waals surface area contributed by atoms with E-state index in [0.717, 1.165) is 11.1 Å². The number of anilines is 1. The molecule has 1 aliphatic rings. The van der Waals surface area contributed by atoms with E-state index in [0.29, 0.717) is 28.3 Å². The van der Waals surface area contributed by atoms with Crippen LogP contribution in [0.4, 0.5) is 5.82 Å². The van der Waals surface area contributed by atoms with Crippen molar-refractivity contribution in [2.24, 2.45) is 0 Å². The number of nitrogen functional groups attached to an aromatic ring is 1. The van der Waals surface area contributed by atoms with Crippen LogP contribution in [0.15, 0.2) is 48.8 Å². The Balaban J connectivity index is 1.89. The third-order valence-corrected chi connectivity index (χ3v) is 3.80. The second-order valence-electron chi connectivity index (χ2n) is 5.24. The van der Waals surface area contributed by atoms with E-state index in [1.165, 1.54) is 0 Å². The molecule has 0 amide bonds. The number of nitrogens with zero attached hydrogens (tertiary/aromatic N) is 3. The summed E-state index contributed by atoms with van der Waals surface area (Å²) in [4.78, 5) is 8.47. The third kappa shape index (κ3) is 2.29. The van der Waals surface area contributed by atoms with Crippen molar-refractivity contribution in [2.75, 3.05) is 12.5 Å². The molecule has 3 heterocycles. The van der Waals surface area contributed by atoms with E-state index in [2.05, 4.69) is 16.0 Å². The molecule has 1 aliphatic heterocycles. The molecule has 0 bridgehead atoms. The lowest BCUT2D eigenvalue weighted by atomic mass is 9.99. The van der Waals surface area contributed by atoms with Gasteiger partial charge in [-0.1, -0.05) is 6.07 Å². The van der Waals surface area contributed by atoms with Gasteiger partial charge in [0.2, 0.25) is 6.79 Å². The van der Waals surface area contributed by atoms with E-state index in [-0.39, 0.29) is 12.6 Å². The molecule has 24 heavy (non-hydrogen) atoms. The number of aromatic nitrogens is 2. The van der Waals surface area contributed by atoms with E-state index in [1.54, 1.807) is 12.4 Å². The van der Waals surface area contributed by atoms with Gasteiger partial charge in [0.05, 0.1) is 5.69 Å². The average Bonchev–Trinajstić information content (AvgIpc) is 3.09. The number of hydrogen-bond acceptors (Lipinski definition) is 6. The van der Waals surface area contributed by atoms with Gasteiger partial charge in [0.1, 0.15) is 17.5 Å². The minimum Gasteiger partial charge on any atom is -0.454 e. The van der Waals surface area contributed by atoms with Crippen LogP contribution in [0.5, 0.6) is 11.5 Å². The standard InChI is InChI=1S/C18H12N4O2/c19-8-14-13(12-2-1-5-21-9-12)7-15(22-18(14)20)11-3-4-16-17(6-11)24-10-23-16/h1-7,9H,10H2,(H2,20,22). The predicted molar refractivity (Wildman–Crippen MR) is 88.2 cm³/mol. The molecule has 6 nitrogen and oxygen atoms in total. The van der Waals surface area contributed by atoms with Crippen LogP contribution < -0.4 is 15.2 Å². The highest BCUT2D eigenvalue weighted by Crippen LogP contribution is 2.37. The van der Waals surface area contributed by atoms with E-state index in [9.17, 15) is 5.26 Å². The zero-order valence-electron chi connectivity index (χ0n) is 12.6. The molecule has 0 radical (unpaired) electrons. The van der Waals surface area contributed by atoms with Gasteiger partial charge in [0, 0.05) is 29.1 Å². The molecule has 2 aromatic heterocycles. The van der Waals surface area contributed by atoms with Crippen LogP contribution in [0, 0.1) is 11.3 Å². The predicted octanol–water partition coefficient (Wildman–Crippen LogP) is 2.99. The Hall–Kier alpha value is -3.59. The molecule has 6 heteroatoms. The zero-order chi connectivity index (χ0) is 16.5. The van der Waals surface area contributed by atoms with E-state index in [4.69, 9.17) is 15.2 Å². The van der Waals surface area contributed by atoms with Gasteiger partial charge in [-0.2, -0.15) is 5.26 Å². The normalized spacial score (nSPS) is 12.0. The maximum Gasteiger partial charge on any atom is 0.231 e. The molecule has 0 saturated heterocycles. The largest absolute Gasteiger partial charge is 0.454 e. The van der Waals surface area contributed by atoms with Crippen molar-refractivity contribution in [1.82, 2.24) is 9.97 Å². The van der Waals surface area contributed by atoms with Gasteiger partial charge < -0.3 is 15.2 Å². The molecule has 0 saturated carbocycles. The fraction of sp³-hybridized carbons (Fsp3) is 0.0556. The van der Waals surface area contributed by atoms with Crippen LogP contribution in [0.2, 0.25) is 0 Å². The summed E-state index contributed by atoms with van der Waals surface area (Å²) in [6.07, 6.45) is 3.37. The molecular formula is C18H12N4O2. The fourth-order valence-electron chi connectivity index (χ4n) is 2.64. The van der Waals surface area contributed by atoms with Crippen molar-refractivity contribution in [3.8, 4) is 40.0 Å². The van der Waals surface area contributed by atoms with Crippen LogP contribution in [-0.2, 0) is 0 Å². The summed E-state index contributed by atoms with van der Waals surface area (Å²) in [6, 6.07) is 13.2. The van der Waals surface area contributed by atoms with Crippen LogP contribution >= 0.6 is 0 Å². The number of nitriles is 1. The van der Waals surface area contributed by atoms with Crippen molar-refractivity contribution >= 4 is 5.82 Å². The number of fused-ring (bicyclic) bond motifs is 1. The molecule has 1 aromatic carbocycles. The van der Waals surface area contributed by atoms with Crippen LogP contribution in [0.25, 0.3) is 22.4 Å². The van der Waals surface area contributed by atoms with Gasteiger partial charge in [-0.25, -0.2) is 4.98 Å². The van der Waals surface area contributed by atoms with Gasteiger partial charge in [-0.3, -0.25) is 4.98 Å². The van der Waals surface area contributed by atoms with Crippen molar-refractivity contribution in [3.63, 3.8) is 0 Å². The lowest BCUT2D eigenvalue weighted by Crippen LogP contribution is -2.00. The molecule has 0 unspecified atom stereocenters. The maximum absolute atomic E-state index is 9.42. The lowest BCUT2D eigenvalue weighted by molar-refractivity contribution is 0.174. The fourth-order valence-corrected chi connectivity index (χ4v) is 2.64. The highest BCUT2D eigenvalue weighted by Gasteiger charge is 2.17. The summed E-state index contributed by atoms with van der Waals surface area (Å²) in [6.45, 7) is 0.211. The number of benzene rings is 1. The summed E-state index contributed by atoms with van der Waals surface area (Å²) >= 11 is 0. The smallest absolute Gasteiger partial charge is 0.231 e. The first kappa shape index (κ1) is 14.0. The Morgan fingerprint density at radius 2 is 1.96 bits per heavy atom. The van der Waals surface area contributed by atoms with E-state index >= 15 is 0 Å². The summed E-state index contributed by atoms with van der Waals surface area (Å²) < 4.78 is 10.7. The highest BCUT2D eigenvalue weighted by atomic mass is 16.7. The molecule has 0 fully saturated rings. The average molecular weight is 316 g/mol. The van der Waals surface area contributed by atoms with E-state index < -0.39 is 0 Å². The first-order valence-electron chi connectivity index (χ1n) is 7.27. The molecule has 116 valence electrons. The van der Waals surface area contributed by atoms with E-state index in [1.807, 2.05) is 36.4 Å². The Bertz CT molecular complexity index is 965. The molecule has 2 N–H and O–H groups in total. The number of pyridine rings is 2. The van der Waals surface area contributed by atoms with Gasteiger partial charge in [0.25, 0.3) is 0 Å². The SMILES string of the molecule is N#Cc1c(-c2cccnc2)cc(-c2ccc3c(c2)OCO3)nc1N. The van der Waals surface area contributed by atoms with Gasteiger partial charge in [-0.15, -0.1) is 0 Å². The summed E-state index contributed by atoms with van der Waals surface area (Å²) in [5.74, 6) is 1.56. The second-order valence-corrected chi connectivity index (χ2v) is 5.24. The van der Waals surface area contributed by atoms with Gasteiger partial charge in [-0.05, 0) is 30.3 Å². The highest BCUT2D eigenvalue weighted by molar-refractivity contribution is 5.80. The lowest BCUT2D eigenvalue weighted by Gasteiger charge is -2.10. The number of ether oxygens (including phenoxy) is 2. The number of nitrogens with two attached hydrogens (primary N) is 1. The second kappa shape index (κ2) is 5.56. The minimum absolute atomic E-state index is 0.187. The van der Waals surface area contributed by atoms with Crippen molar-refractivity contribution in [3.05, 3.63) is 54.4 Å². The summed E-state index contributed by atoms with van der Waals surface area (Å²) in [7, 11) is 0. The topological polar surface area (TPSA) is 94.0 Å². The van der Waals surface area contributed by atoms with Crippen LogP contribution in [0.1, 0.15) is 5.56 Å². The van der Waals surface area contributed by atoms with Crippen LogP contribution in [0.3, 0.4) is 0 Å². The first-order valence-corrected chi connectivity index (χ1v) is 7.27. The molecule has 4 rings (SSSR count). The molecule has 0 spiro atoms. The maximum atomic E-state index is 9.42.